The molecule has 2 aromatic carbocycles. The first-order valence-electron chi connectivity index (χ1n) is 19.9. The van der Waals surface area contributed by atoms with Crippen molar-refractivity contribution in [1.29, 1.82) is 0 Å². The number of thioether (sulfide) groups is 2. The molecule has 0 amide bonds. The van der Waals surface area contributed by atoms with E-state index in [0.717, 1.165) is 126 Å². The zero-order valence-corrected chi connectivity index (χ0v) is 43.9. The topological polar surface area (TPSA) is 103 Å². The molecule has 3 aliphatic heterocycles. The fraction of sp³-hybridized carbons (Fsp3) is 0.188. The molecule has 0 N–H and O–H groups in total. The first-order valence-corrected chi connectivity index (χ1v) is 24.4. The minimum absolute atomic E-state index is 0. The van der Waals surface area contributed by atoms with Crippen LogP contribution in [-0.4, -0.2) is 19.5 Å². The van der Waals surface area contributed by atoms with Crippen LogP contribution in [0.4, 0.5) is 0 Å². The molecule has 63 heavy (non-hydrogen) atoms. The minimum atomic E-state index is -0.750. The number of fused-ring (bicyclic) bond motifs is 11. The molecule has 15 heteroatoms. The molecule has 5 aromatic heterocycles. The number of carbonyl (C=O) groups is 2. The van der Waals surface area contributed by atoms with Crippen LogP contribution in [0, 0.1) is 21.5 Å². The van der Waals surface area contributed by atoms with Crippen molar-refractivity contribution >= 4 is 100 Å². The molecular weight excluding hydrogens is 1070 g/mol. The second-order valence-electron chi connectivity index (χ2n) is 14.1. The van der Waals surface area contributed by atoms with Crippen LogP contribution < -0.4 is 19.9 Å². The zero-order chi connectivity index (χ0) is 43.4. The maximum Gasteiger partial charge on any atom is 0.201 e. The molecule has 10 rings (SSSR count). The Kier molecular flexibility index (Phi) is 18.9. The normalized spacial score (nSPS) is 14.7. The summed E-state index contributed by atoms with van der Waals surface area (Å²) in [5.74, 6) is 1.69. The second kappa shape index (κ2) is 24.3. The van der Waals surface area contributed by atoms with Crippen molar-refractivity contribution in [3.63, 3.8) is 0 Å². The van der Waals surface area contributed by atoms with Crippen molar-refractivity contribution in [3.05, 3.63) is 206 Å². The molecule has 0 spiro atoms. The van der Waals surface area contributed by atoms with Gasteiger partial charge in [-0.1, -0.05) is 66.6 Å². The Balaban J connectivity index is 0.000000536. The van der Waals surface area contributed by atoms with Gasteiger partial charge in [-0.15, -0.1) is 0 Å². The van der Waals surface area contributed by atoms with Crippen molar-refractivity contribution in [2.24, 2.45) is 0 Å². The van der Waals surface area contributed by atoms with Gasteiger partial charge in [-0.3, -0.25) is 14.6 Å². The van der Waals surface area contributed by atoms with Gasteiger partial charge in [-0.2, -0.15) is 0 Å². The number of hydrogen-bond acceptors (Lipinski definition) is 5. The van der Waals surface area contributed by atoms with E-state index in [1.165, 1.54) is 23.5 Å². The summed E-state index contributed by atoms with van der Waals surface area (Å²) >= 11 is 24.7. The molecule has 0 saturated carbocycles. The molecule has 316 valence electrons. The number of hydrogen-bond donors (Lipinski definition) is 0. The number of benzene rings is 2. The monoisotopic (exact) mass is 1110 g/mol. The van der Waals surface area contributed by atoms with E-state index in [0.29, 0.717) is 12.8 Å². The zero-order valence-electron chi connectivity index (χ0n) is 33.8. The molecule has 0 saturated heterocycles. The Hall–Kier alpha value is -3.32. The van der Waals surface area contributed by atoms with Crippen molar-refractivity contribution in [2.45, 2.75) is 65.5 Å². The van der Waals surface area contributed by atoms with Crippen LogP contribution in [0.3, 0.4) is 0 Å². The van der Waals surface area contributed by atoms with E-state index >= 15 is 0 Å². The van der Waals surface area contributed by atoms with Crippen LogP contribution in [-0.2, 0) is 29.1 Å². The number of nitrogens with zero attached hydrogens (tertiary/aromatic N) is 5. The van der Waals surface area contributed by atoms with Gasteiger partial charge in [0.1, 0.15) is 0 Å². The van der Waals surface area contributed by atoms with Crippen LogP contribution >= 0.6 is 90.2 Å². The number of alkyl halides is 3. The molecule has 0 unspecified atom stereocenters. The van der Waals surface area contributed by atoms with Gasteiger partial charge < -0.3 is 19.9 Å². The third-order valence-electron chi connectivity index (χ3n) is 9.82. The van der Waals surface area contributed by atoms with E-state index in [-0.39, 0.29) is 29.7 Å². The standard InChI is InChI=1S/C42H32Br2N4O2S2.C5H5N.CHCl3.Zn/c43-41-31-21-17-27(45-31)39-25-11-7-9-13-35(25)51-37(49)15-5-3-1-2-4-6-16-38(50)52-36-14-10-8-12-26(36)40(29-19-23-33(41)47-29)30-20-24-34(48-30)42(44)32-22-18-28(39)46-32;1-2-4-6-5-3-1;2-1(3)4;/h7-14,17-24H,1-6,15-16H2;1-5H;1H;. The summed E-state index contributed by atoms with van der Waals surface area (Å²) in [4.78, 5) is 54.3. The number of halogens is 5. The molecular formula is C48H38Br2Cl3N5O2S2Zn. The summed E-state index contributed by atoms with van der Waals surface area (Å²) in [5.41, 5.74) is 7.70. The molecule has 0 radical (unpaired) electrons. The fourth-order valence-corrected chi connectivity index (χ4v) is 9.72. The smallest absolute Gasteiger partial charge is 0.201 e. The van der Waals surface area contributed by atoms with Crippen LogP contribution in [0.15, 0.2) is 137 Å². The summed E-state index contributed by atoms with van der Waals surface area (Å²) in [6, 6.07) is 37.7. The third kappa shape index (κ3) is 13.2. The summed E-state index contributed by atoms with van der Waals surface area (Å²) in [6.07, 6.45) is 10.3. The van der Waals surface area contributed by atoms with E-state index in [9.17, 15) is 9.59 Å². The van der Waals surface area contributed by atoms with Gasteiger partial charge >= 0.3 is 0 Å². The summed E-state index contributed by atoms with van der Waals surface area (Å²) < 4.78 is -0.750. The van der Waals surface area contributed by atoms with Gasteiger partial charge in [0, 0.05) is 172 Å². The van der Waals surface area contributed by atoms with Crippen LogP contribution in [0.5, 0.6) is 0 Å². The van der Waals surface area contributed by atoms with Crippen LogP contribution in [0.25, 0.3) is 0 Å². The van der Waals surface area contributed by atoms with Crippen molar-refractivity contribution in [2.75, 3.05) is 0 Å². The molecule has 3 aliphatic rings. The first-order chi connectivity index (χ1) is 30.2. The van der Waals surface area contributed by atoms with E-state index in [4.69, 9.17) is 54.7 Å². The average molecular weight is 1110 g/mol. The van der Waals surface area contributed by atoms with Gasteiger partial charge in [-0.25, -0.2) is 0 Å². The Morgan fingerprint density at radius 3 is 1.11 bits per heavy atom. The Morgan fingerprint density at radius 2 is 0.794 bits per heavy atom. The largest absolute Gasteiger partial charge is 0.618 e. The predicted octanol–water partition coefficient (Wildman–Crippen LogP) is 13.0. The number of rotatable bonds is 0. The average Bonchev–Trinajstić information content (AvgIpc) is 4.12. The van der Waals surface area contributed by atoms with Gasteiger partial charge in [0.25, 0.3) is 0 Å². The Morgan fingerprint density at radius 1 is 0.476 bits per heavy atom. The third-order valence-corrected chi connectivity index (χ3v) is 13.5. The molecule has 8 heterocycles. The van der Waals surface area contributed by atoms with Gasteiger partial charge in [-0.05, 0) is 108 Å². The molecule has 10 bridgehead atoms. The summed E-state index contributed by atoms with van der Waals surface area (Å²) in [5, 5.41) is 0.281. The fourth-order valence-electron chi connectivity index (χ4n) is 7.00. The quantitative estimate of drug-likeness (QED) is 0.0834. The van der Waals surface area contributed by atoms with E-state index in [1.807, 2.05) is 115 Å². The molecule has 0 fully saturated rings. The molecule has 7 aromatic rings. The summed E-state index contributed by atoms with van der Waals surface area (Å²) in [7, 11) is 0. The van der Waals surface area contributed by atoms with Gasteiger partial charge in [0.15, 0.2) is 4.30 Å². The molecule has 0 aliphatic carbocycles. The van der Waals surface area contributed by atoms with E-state index in [1.54, 1.807) is 12.4 Å². The number of aromatic nitrogens is 5. The van der Waals surface area contributed by atoms with Crippen LogP contribution in [0.1, 0.15) is 108 Å². The number of pyridine rings is 1. The predicted molar refractivity (Wildman–Crippen MR) is 258 cm³/mol. The SMILES string of the molecule is ClC(Cl)Cl.O=C1CCCCCCCCC(=O)Sc2ccccc2[C+]2c3ccc([n-]3)[C+](Br)c3ccc([n-]3)[C+](c3ccc([n-]3)[C+](Br)c3ccc2[n-]3)c2ccccc2S1.[Zn].c1ccncc1. The molecule has 7 nitrogen and oxygen atoms in total. The first kappa shape index (κ1) is 49.1. The van der Waals surface area contributed by atoms with E-state index < -0.39 is 4.30 Å². The maximum absolute atomic E-state index is 13.4. The maximum atomic E-state index is 13.4. The molecule has 0 atom stereocenters. The van der Waals surface area contributed by atoms with Crippen molar-refractivity contribution < 1.29 is 29.1 Å². The van der Waals surface area contributed by atoms with E-state index in [2.05, 4.69) is 36.8 Å². The Bertz CT molecular complexity index is 2260. The van der Waals surface area contributed by atoms with Crippen molar-refractivity contribution in [3.8, 4) is 0 Å². The van der Waals surface area contributed by atoms with Crippen LogP contribution in [0.2, 0.25) is 0 Å². The van der Waals surface area contributed by atoms with Gasteiger partial charge in [0.05, 0.1) is 30.6 Å². The van der Waals surface area contributed by atoms with Gasteiger partial charge in [0.2, 0.25) is 10.2 Å². The minimum Gasteiger partial charge on any atom is -0.618 e. The second-order valence-corrected chi connectivity index (χ2v) is 19.8. The van der Waals surface area contributed by atoms with Crippen molar-refractivity contribution in [1.82, 2.24) is 24.9 Å². The summed E-state index contributed by atoms with van der Waals surface area (Å²) in [6.45, 7) is 0. The number of carbonyl (C=O) groups excluding carboxylic acids is 2. The Labute approximate surface area is 421 Å².